The van der Waals surface area contributed by atoms with Crippen LogP contribution in [-0.4, -0.2) is 52.6 Å². The number of alkyl halides is 3. The van der Waals surface area contributed by atoms with E-state index in [4.69, 9.17) is 4.74 Å². The summed E-state index contributed by atoms with van der Waals surface area (Å²) in [6, 6.07) is 2.42. The van der Waals surface area contributed by atoms with Crippen molar-refractivity contribution in [1.29, 1.82) is 0 Å². The van der Waals surface area contributed by atoms with Gasteiger partial charge in [0.25, 0.3) is 5.56 Å². The Morgan fingerprint density at radius 3 is 2.58 bits per heavy atom. The monoisotopic (exact) mass is 471 g/mol. The second-order valence-corrected chi connectivity index (χ2v) is 10.5. The molecule has 9 heteroatoms. The highest BCUT2D eigenvalue weighted by atomic mass is 19.4. The van der Waals surface area contributed by atoms with E-state index in [1.807, 2.05) is 4.90 Å². The third-order valence-electron chi connectivity index (χ3n) is 7.88. The molecule has 0 aromatic carbocycles. The van der Waals surface area contributed by atoms with Crippen LogP contribution in [-0.2, 0) is 24.0 Å². The van der Waals surface area contributed by atoms with Gasteiger partial charge in [0.15, 0.2) is 0 Å². The molecule has 2 fully saturated rings. The highest BCUT2D eigenvalue weighted by Crippen LogP contribution is 2.41. The summed E-state index contributed by atoms with van der Waals surface area (Å²) in [5.41, 5.74) is -1.25. The molecule has 0 bridgehead atoms. The van der Waals surface area contributed by atoms with E-state index in [1.165, 1.54) is 4.57 Å². The standard InChI is InChI=1S/C24H36F3N3O3/c1-14(2)19-10-17(28-21-4-7-33-13-15(21)3)11-20(19)23(32)29-5-6-30-18(12-29)8-16(9-22(30)31)24(25,26)27/h8-9,14-15,17,19-21,23,28,32H,4-7,10-13H2,1-3H3/t15-,17+,19?,20?,21?,23+/m0/s1. The van der Waals surface area contributed by atoms with Gasteiger partial charge in [0.2, 0.25) is 0 Å². The Balaban J connectivity index is 1.48. The SMILES string of the molecule is CC(C)C1C[C@@H](NC2CCOC[C@@H]2C)CC1[C@@H](O)N1CCn2c(cc(C(F)(F)F)cc2=O)C1. The van der Waals surface area contributed by atoms with Gasteiger partial charge in [-0.25, -0.2) is 0 Å². The van der Waals surface area contributed by atoms with Gasteiger partial charge in [-0.05, 0) is 43.1 Å². The normalized spacial score (nSPS) is 32.2. The van der Waals surface area contributed by atoms with Crippen LogP contribution < -0.4 is 10.9 Å². The lowest BCUT2D eigenvalue weighted by Crippen LogP contribution is -2.48. The van der Waals surface area contributed by atoms with Crippen molar-refractivity contribution in [1.82, 2.24) is 14.8 Å². The molecule has 33 heavy (non-hydrogen) atoms. The van der Waals surface area contributed by atoms with Crippen LogP contribution in [0.4, 0.5) is 13.2 Å². The molecule has 186 valence electrons. The molecule has 4 rings (SSSR count). The predicted molar refractivity (Wildman–Crippen MR) is 118 cm³/mol. The number of nitrogens with one attached hydrogen (secondary N) is 1. The summed E-state index contributed by atoms with van der Waals surface area (Å²) in [5.74, 6) is 1.18. The van der Waals surface area contributed by atoms with Crippen LogP contribution >= 0.6 is 0 Å². The Hall–Kier alpha value is -1.42. The Labute approximate surface area is 193 Å². The average Bonchev–Trinajstić information content (AvgIpc) is 3.18. The van der Waals surface area contributed by atoms with E-state index in [-0.39, 0.29) is 19.0 Å². The first-order chi connectivity index (χ1) is 15.5. The molecule has 1 saturated carbocycles. The maximum absolute atomic E-state index is 13.2. The van der Waals surface area contributed by atoms with Crippen LogP contribution in [0.25, 0.3) is 0 Å². The van der Waals surface area contributed by atoms with Crippen molar-refractivity contribution in [2.45, 2.75) is 77.6 Å². The van der Waals surface area contributed by atoms with Crippen LogP contribution in [0.1, 0.15) is 51.3 Å². The number of pyridine rings is 1. The molecular formula is C24H36F3N3O3. The zero-order chi connectivity index (χ0) is 23.9. The number of hydrogen-bond donors (Lipinski definition) is 2. The van der Waals surface area contributed by atoms with Gasteiger partial charge >= 0.3 is 6.18 Å². The molecule has 3 heterocycles. The Kier molecular flexibility index (Phi) is 7.24. The quantitative estimate of drug-likeness (QED) is 0.691. The first kappa shape index (κ1) is 24.7. The van der Waals surface area contributed by atoms with Crippen molar-refractivity contribution >= 4 is 0 Å². The number of nitrogens with zero attached hydrogens (tertiary/aromatic N) is 2. The van der Waals surface area contributed by atoms with Gasteiger partial charge in [-0.3, -0.25) is 9.69 Å². The van der Waals surface area contributed by atoms with Crippen molar-refractivity contribution < 1.29 is 23.0 Å². The minimum atomic E-state index is -4.57. The van der Waals surface area contributed by atoms with Gasteiger partial charge in [0, 0.05) is 56.0 Å². The van der Waals surface area contributed by atoms with Crippen LogP contribution in [0.3, 0.4) is 0 Å². The van der Waals surface area contributed by atoms with Crippen LogP contribution in [0.2, 0.25) is 0 Å². The lowest BCUT2D eigenvalue weighted by molar-refractivity contribution is -0.138. The second kappa shape index (κ2) is 9.68. The van der Waals surface area contributed by atoms with E-state index in [0.717, 1.165) is 38.5 Å². The number of aromatic nitrogens is 1. The maximum atomic E-state index is 13.2. The lowest BCUT2D eigenvalue weighted by atomic mass is 9.84. The fraction of sp³-hybridized carbons (Fsp3) is 0.792. The third kappa shape index (κ3) is 5.31. The molecule has 0 spiro atoms. The molecule has 1 saturated heterocycles. The molecular weight excluding hydrogens is 435 g/mol. The van der Waals surface area contributed by atoms with E-state index >= 15 is 0 Å². The fourth-order valence-corrected chi connectivity index (χ4v) is 5.99. The lowest BCUT2D eigenvalue weighted by Gasteiger charge is -2.38. The summed E-state index contributed by atoms with van der Waals surface area (Å²) in [6.45, 7) is 8.92. The van der Waals surface area contributed by atoms with Gasteiger partial charge in [0.1, 0.15) is 6.23 Å². The molecule has 6 nitrogen and oxygen atoms in total. The molecule has 1 aromatic heterocycles. The van der Waals surface area contributed by atoms with E-state index in [0.29, 0.717) is 48.1 Å². The average molecular weight is 472 g/mol. The molecule has 6 atom stereocenters. The summed E-state index contributed by atoms with van der Waals surface area (Å²) in [7, 11) is 0. The highest BCUT2D eigenvalue weighted by Gasteiger charge is 2.43. The van der Waals surface area contributed by atoms with Crippen molar-refractivity contribution in [3.63, 3.8) is 0 Å². The van der Waals surface area contributed by atoms with Crippen molar-refractivity contribution in [3.8, 4) is 0 Å². The summed E-state index contributed by atoms with van der Waals surface area (Å²) < 4.78 is 46.6. The second-order valence-electron chi connectivity index (χ2n) is 10.5. The minimum absolute atomic E-state index is 0.0294. The summed E-state index contributed by atoms with van der Waals surface area (Å²) >= 11 is 0. The van der Waals surface area contributed by atoms with Crippen LogP contribution in [0.5, 0.6) is 0 Å². The van der Waals surface area contributed by atoms with Crippen LogP contribution in [0.15, 0.2) is 16.9 Å². The predicted octanol–water partition coefficient (Wildman–Crippen LogP) is 3.07. The molecule has 3 unspecified atom stereocenters. The summed E-state index contributed by atoms with van der Waals surface area (Å²) in [6.07, 6.45) is -2.53. The first-order valence-corrected chi connectivity index (χ1v) is 12.1. The molecule has 1 aromatic rings. The molecule has 0 radical (unpaired) electrons. The van der Waals surface area contributed by atoms with Gasteiger partial charge in [-0.15, -0.1) is 0 Å². The first-order valence-electron chi connectivity index (χ1n) is 12.1. The van der Waals surface area contributed by atoms with E-state index in [9.17, 15) is 23.1 Å². The smallest absolute Gasteiger partial charge is 0.381 e. The zero-order valence-electron chi connectivity index (χ0n) is 19.6. The molecule has 0 amide bonds. The van der Waals surface area contributed by atoms with Crippen molar-refractivity contribution in [2.24, 2.45) is 23.7 Å². The van der Waals surface area contributed by atoms with E-state index in [1.54, 1.807) is 0 Å². The Bertz CT molecular complexity index is 888. The number of aliphatic hydroxyl groups is 1. The largest absolute Gasteiger partial charge is 0.416 e. The van der Waals surface area contributed by atoms with Gasteiger partial charge in [0.05, 0.1) is 12.2 Å². The minimum Gasteiger partial charge on any atom is -0.381 e. The molecule has 3 aliphatic rings. The number of rotatable bonds is 5. The van der Waals surface area contributed by atoms with E-state index in [2.05, 4.69) is 26.1 Å². The number of halogens is 3. The summed E-state index contributed by atoms with van der Waals surface area (Å²) in [5, 5.41) is 15.2. The Morgan fingerprint density at radius 2 is 1.91 bits per heavy atom. The molecule has 1 aliphatic carbocycles. The summed E-state index contributed by atoms with van der Waals surface area (Å²) in [4.78, 5) is 14.1. The Morgan fingerprint density at radius 1 is 1.18 bits per heavy atom. The number of aliphatic hydroxyl groups excluding tert-OH is 1. The topological polar surface area (TPSA) is 66.7 Å². The highest BCUT2D eigenvalue weighted by molar-refractivity contribution is 5.22. The van der Waals surface area contributed by atoms with Crippen molar-refractivity contribution in [2.75, 3.05) is 19.8 Å². The number of fused-ring (bicyclic) bond motifs is 1. The maximum Gasteiger partial charge on any atom is 0.416 e. The van der Waals surface area contributed by atoms with Crippen LogP contribution in [0, 0.1) is 23.7 Å². The molecule has 2 N–H and O–H groups in total. The van der Waals surface area contributed by atoms with Gasteiger partial charge in [-0.2, -0.15) is 13.2 Å². The fourth-order valence-electron chi connectivity index (χ4n) is 5.99. The van der Waals surface area contributed by atoms with E-state index < -0.39 is 23.5 Å². The zero-order valence-corrected chi connectivity index (χ0v) is 19.6. The number of ether oxygens (including phenoxy) is 1. The molecule has 2 aliphatic heterocycles. The number of hydrogen-bond acceptors (Lipinski definition) is 5. The van der Waals surface area contributed by atoms with Crippen molar-refractivity contribution in [3.05, 3.63) is 33.7 Å². The van der Waals surface area contributed by atoms with Gasteiger partial charge in [-0.1, -0.05) is 20.8 Å². The van der Waals surface area contributed by atoms with Gasteiger partial charge < -0.3 is 19.7 Å². The third-order valence-corrected chi connectivity index (χ3v) is 7.88.